The Balaban J connectivity index is 1.87. The van der Waals surface area contributed by atoms with Gasteiger partial charge in [-0.2, -0.15) is 5.11 Å². The number of allylic oxidation sites excluding steroid dienone is 1. The number of phenols is 1. The molecule has 0 aliphatic heterocycles. The quantitative estimate of drug-likeness (QED) is 0.477. The van der Waals surface area contributed by atoms with Gasteiger partial charge in [-0.25, -0.2) is 0 Å². The van der Waals surface area contributed by atoms with Crippen LogP contribution in [0.15, 0.2) is 52.7 Å². The number of nitrogen functional groups attached to an aromatic ring is 1. The topological polar surface area (TPSA) is 71.0 Å². The van der Waals surface area contributed by atoms with Gasteiger partial charge in [0.05, 0.1) is 11.4 Å². The second-order valence-corrected chi connectivity index (χ2v) is 5.78. The lowest BCUT2D eigenvalue weighted by Gasteiger charge is -2.17. The normalized spacial score (nSPS) is 14.3. The molecule has 0 aromatic heterocycles. The lowest BCUT2D eigenvalue weighted by Crippen LogP contribution is -2.03. The number of aromatic hydroxyl groups is 1. The molecule has 0 heterocycles. The number of rotatable bonds is 2. The lowest BCUT2D eigenvalue weighted by molar-refractivity contribution is 0.471. The zero-order valence-corrected chi connectivity index (χ0v) is 12.6. The molecule has 0 unspecified atom stereocenters. The highest BCUT2D eigenvalue weighted by Crippen LogP contribution is 2.32. The monoisotopic (exact) mass is 293 g/mol. The Bertz CT molecular complexity index is 778. The second kappa shape index (κ2) is 5.64. The summed E-state index contributed by atoms with van der Waals surface area (Å²) in [5.41, 5.74) is 12.3. The van der Waals surface area contributed by atoms with Crippen molar-refractivity contribution in [2.24, 2.45) is 10.2 Å². The number of hydrogen-bond acceptors (Lipinski definition) is 4. The molecule has 2 aromatic rings. The lowest BCUT2D eigenvalue weighted by atomic mass is 9.89. The maximum atomic E-state index is 9.60. The molecule has 0 radical (unpaired) electrons. The molecule has 1 aliphatic rings. The highest BCUT2D eigenvalue weighted by molar-refractivity contribution is 5.66. The number of aryl methyl sites for hydroxylation is 2. The minimum atomic E-state index is 0.172. The van der Waals surface area contributed by atoms with Crippen LogP contribution >= 0.6 is 0 Å². The van der Waals surface area contributed by atoms with E-state index >= 15 is 0 Å². The first-order valence-electron chi connectivity index (χ1n) is 7.32. The van der Waals surface area contributed by atoms with Gasteiger partial charge in [0.1, 0.15) is 11.4 Å². The summed E-state index contributed by atoms with van der Waals surface area (Å²) in [6, 6.07) is 9.37. The molecule has 0 bridgehead atoms. The molecule has 0 fully saturated rings. The Hall–Kier alpha value is -2.62. The van der Waals surface area contributed by atoms with Crippen molar-refractivity contribution in [1.82, 2.24) is 0 Å². The standard InChI is InChI=1S/C18H19N3O/c1-11-3-4-14-9-15(6-5-13(14)7-11)20-21-17-8-12(2)18(22)10-16(17)19/h5-6,8-10,22H,1,3-4,7,19H2,2H3. The van der Waals surface area contributed by atoms with Crippen molar-refractivity contribution in [2.45, 2.75) is 26.2 Å². The van der Waals surface area contributed by atoms with Gasteiger partial charge in [0.2, 0.25) is 0 Å². The van der Waals surface area contributed by atoms with E-state index in [1.54, 1.807) is 13.0 Å². The van der Waals surface area contributed by atoms with Gasteiger partial charge in [-0.15, -0.1) is 5.11 Å². The van der Waals surface area contributed by atoms with Crippen molar-refractivity contribution in [3.63, 3.8) is 0 Å². The van der Waals surface area contributed by atoms with Crippen molar-refractivity contribution in [2.75, 3.05) is 5.73 Å². The number of hydrogen-bond donors (Lipinski definition) is 2. The maximum Gasteiger partial charge on any atom is 0.120 e. The number of fused-ring (bicyclic) bond motifs is 1. The van der Waals surface area contributed by atoms with Crippen LogP contribution in [-0.4, -0.2) is 5.11 Å². The molecule has 2 aromatic carbocycles. The van der Waals surface area contributed by atoms with E-state index in [0.717, 1.165) is 30.5 Å². The van der Waals surface area contributed by atoms with Crippen LogP contribution in [-0.2, 0) is 12.8 Å². The number of phenolic OH excluding ortho intramolecular Hbond substituents is 1. The van der Waals surface area contributed by atoms with Crippen molar-refractivity contribution in [3.05, 3.63) is 59.2 Å². The highest BCUT2D eigenvalue weighted by atomic mass is 16.3. The van der Waals surface area contributed by atoms with Gasteiger partial charge in [0, 0.05) is 6.07 Å². The van der Waals surface area contributed by atoms with Crippen molar-refractivity contribution in [1.29, 1.82) is 0 Å². The van der Waals surface area contributed by atoms with Crippen molar-refractivity contribution in [3.8, 4) is 5.75 Å². The molecule has 4 heteroatoms. The van der Waals surface area contributed by atoms with Gasteiger partial charge in [-0.05, 0) is 61.1 Å². The molecule has 0 saturated heterocycles. The van der Waals surface area contributed by atoms with Crippen LogP contribution in [0.1, 0.15) is 23.1 Å². The van der Waals surface area contributed by atoms with Crippen molar-refractivity contribution < 1.29 is 5.11 Å². The molecule has 4 nitrogen and oxygen atoms in total. The average molecular weight is 293 g/mol. The zero-order chi connectivity index (χ0) is 15.7. The van der Waals surface area contributed by atoms with E-state index in [1.165, 1.54) is 22.8 Å². The average Bonchev–Trinajstić information content (AvgIpc) is 2.49. The number of benzene rings is 2. The molecule has 112 valence electrons. The third-order valence-electron chi connectivity index (χ3n) is 4.00. The molecule has 22 heavy (non-hydrogen) atoms. The summed E-state index contributed by atoms with van der Waals surface area (Å²) in [7, 11) is 0. The molecule has 3 rings (SSSR count). The summed E-state index contributed by atoms with van der Waals surface area (Å²) in [5.74, 6) is 0.172. The molecule has 3 N–H and O–H groups in total. The maximum absolute atomic E-state index is 9.60. The molecular formula is C18H19N3O. The van der Waals surface area contributed by atoms with E-state index in [2.05, 4.69) is 28.9 Å². The van der Waals surface area contributed by atoms with Gasteiger partial charge in [-0.3, -0.25) is 0 Å². The predicted molar refractivity (Wildman–Crippen MR) is 89.0 cm³/mol. The third kappa shape index (κ3) is 2.86. The Morgan fingerprint density at radius 2 is 1.91 bits per heavy atom. The molecule has 0 amide bonds. The summed E-state index contributed by atoms with van der Waals surface area (Å²) in [5, 5.41) is 18.1. The Morgan fingerprint density at radius 1 is 1.09 bits per heavy atom. The van der Waals surface area contributed by atoms with Crippen LogP contribution < -0.4 is 5.73 Å². The third-order valence-corrected chi connectivity index (χ3v) is 4.00. The number of azo groups is 1. The van der Waals surface area contributed by atoms with Crippen LogP contribution in [0.5, 0.6) is 5.75 Å². The first-order chi connectivity index (χ1) is 10.5. The summed E-state index contributed by atoms with van der Waals surface area (Å²) in [6.07, 6.45) is 3.01. The fourth-order valence-corrected chi connectivity index (χ4v) is 2.64. The van der Waals surface area contributed by atoms with Gasteiger partial charge < -0.3 is 10.8 Å². The zero-order valence-electron chi connectivity index (χ0n) is 12.6. The SMILES string of the molecule is C=C1CCc2cc(N=Nc3cc(C)c(O)cc3N)ccc2C1. The predicted octanol–water partition coefficient (Wildman–Crippen LogP) is 4.74. The van der Waals surface area contributed by atoms with E-state index < -0.39 is 0 Å². The van der Waals surface area contributed by atoms with Crippen LogP contribution in [0.3, 0.4) is 0 Å². The summed E-state index contributed by atoms with van der Waals surface area (Å²) in [4.78, 5) is 0. The highest BCUT2D eigenvalue weighted by Gasteiger charge is 2.12. The smallest absolute Gasteiger partial charge is 0.120 e. The van der Waals surface area contributed by atoms with Gasteiger partial charge in [-0.1, -0.05) is 18.2 Å². The van der Waals surface area contributed by atoms with E-state index in [-0.39, 0.29) is 5.75 Å². The number of nitrogens with zero attached hydrogens (tertiary/aromatic N) is 2. The number of nitrogens with two attached hydrogens (primary N) is 1. The summed E-state index contributed by atoms with van der Waals surface area (Å²) < 4.78 is 0. The Morgan fingerprint density at radius 3 is 2.73 bits per heavy atom. The van der Waals surface area contributed by atoms with Crippen molar-refractivity contribution >= 4 is 17.1 Å². The summed E-state index contributed by atoms with van der Waals surface area (Å²) in [6.45, 7) is 5.87. The first kappa shape index (κ1) is 14.3. The number of anilines is 1. The van der Waals surface area contributed by atoms with Crippen LogP contribution in [0, 0.1) is 6.92 Å². The Kier molecular flexibility index (Phi) is 3.67. The van der Waals surface area contributed by atoms with Gasteiger partial charge in [0.15, 0.2) is 0 Å². The Labute approximate surface area is 130 Å². The van der Waals surface area contributed by atoms with E-state index in [0.29, 0.717) is 11.4 Å². The molecule has 1 aliphatic carbocycles. The minimum Gasteiger partial charge on any atom is -0.508 e. The molecule has 0 spiro atoms. The fourth-order valence-electron chi connectivity index (χ4n) is 2.64. The van der Waals surface area contributed by atoms with Crippen LogP contribution in [0.25, 0.3) is 0 Å². The molecule has 0 atom stereocenters. The second-order valence-electron chi connectivity index (χ2n) is 5.78. The molecular weight excluding hydrogens is 274 g/mol. The first-order valence-corrected chi connectivity index (χ1v) is 7.32. The minimum absolute atomic E-state index is 0.172. The van der Waals surface area contributed by atoms with Crippen LogP contribution in [0.2, 0.25) is 0 Å². The van der Waals surface area contributed by atoms with E-state index in [1.807, 2.05) is 6.07 Å². The largest absolute Gasteiger partial charge is 0.508 e. The van der Waals surface area contributed by atoms with E-state index in [4.69, 9.17) is 5.73 Å². The summed E-state index contributed by atoms with van der Waals surface area (Å²) >= 11 is 0. The fraction of sp³-hybridized carbons (Fsp3) is 0.222. The van der Waals surface area contributed by atoms with E-state index in [9.17, 15) is 5.11 Å². The molecule has 0 saturated carbocycles. The van der Waals surface area contributed by atoms with Gasteiger partial charge >= 0.3 is 0 Å². The van der Waals surface area contributed by atoms with Crippen LogP contribution in [0.4, 0.5) is 17.1 Å². The van der Waals surface area contributed by atoms with Gasteiger partial charge in [0.25, 0.3) is 0 Å².